The monoisotopic (exact) mass is 348 g/mol. The molecule has 5 nitrogen and oxygen atoms in total. The van der Waals surface area contributed by atoms with Gasteiger partial charge >= 0.3 is 0 Å². The first-order chi connectivity index (χ1) is 9.86. The molecule has 0 atom stereocenters. The van der Waals surface area contributed by atoms with Crippen molar-refractivity contribution >= 4 is 38.9 Å². The van der Waals surface area contributed by atoms with E-state index in [-0.39, 0.29) is 28.0 Å². The van der Waals surface area contributed by atoms with Gasteiger partial charge in [-0.3, -0.25) is 0 Å². The van der Waals surface area contributed by atoms with E-state index in [1.807, 2.05) is 0 Å². The molecule has 0 radical (unpaired) electrons. The summed E-state index contributed by atoms with van der Waals surface area (Å²) in [6.45, 7) is 2.07. The van der Waals surface area contributed by atoms with Crippen LogP contribution in [-0.4, -0.2) is 19.3 Å². The van der Waals surface area contributed by atoms with Crippen molar-refractivity contribution in [3.63, 3.8) is 0 Å². The maximum absolute atomic E-state index is 12.7. The summed E-state index contributed by atoms with van der Waals surface area (Å²) in [7, 11) is -3.85. The number of nitrogens with two attached hydrogens (primary N) is 1. The Hall–Kier alpha value is -1.21. The third-order valence-electron chi connectivity index (χ3n) is 2.88. The van der Waals surface area contributed by atoms with Crippen LogP contribution in [0.25, 0.3) is 0 Å². The Balaban J connectivity index is 2.45. The second-order valence-electron chi connectivity index (χ2n) is 4.32. The molecule has 0 aliphatic carbocycles. The Bertz CT molecular complexity index is 707. The van der Waals surface area contributed by atoms with Crippen LogP contribution in [0.15, 0.2) is 39.8 Å². The minimum Gasteiger partial charge on any atom is -0.468 e. The summed E-state index contributed by atoms with van der Waals surface area (Å²) < 4.78 is 31.8. The van der Waals surface area contributed by atoms with Crippen molar-refractivity contribution in [1.29, 1.82) is 0 Å². The molecular weight excluding hydrogens is 335 g/mol. The number of hydrogen-bond donors (Lipinski definition) is 1. The van der Waals surface area contributed by atoms with E-state index in [0.717, 1.165) is 0 Å². The zero-order valence-electron chi connectivity index (χ0n) is 11.2. The van der Waals surface area contributed by atoms with E-state index in [4.69, 9.17) is 33.4 Å². The van der Waals surface area contributed by atoms with E-state index in [1.165, 1.54) is 22.7 Å². The number of sulfonamides is 1. The van der Waals surface area contributed by atoms with Gasteiger partial charge in [-0.25, -0.2) is 8.42 Å². The molecule has 0 bridgehead atoms. The highest BCUT2D eigenvalue weighted by atomic mass is 35.5. The quantitative estimate of drug-likeness (QED) is 0.840. The van der Waals surface area contributed by atoms with E-state index in [0.29, 0.717) is 11.4 Å². The van der Waals surface area contributed by atoms with Crippen LogP contribution in [0.5, 0.6) is 0 Å². The molecule has 2 rings (SSSR count). The lowest BCUT2D eigenvalue weighted by molar-refractivity contribution is 0.375. The number of halogens is 2. The molecule has 0 unspecified atom stereocenters. The van der Waals surface area contributed by atoms with Gasteiger partial charge in [0.05, 0.1) is 22.9 Å². The highest BCUT2D eigenvalue weighted by Crippen LogP contribution is 2.34. The highest BCUT2D eigenvalue weighted by molar-refractivity contribution is 7.89. The van der Waals surface area contributed by atoms with E-state index >= 15 is 0 Å². The number of benzene rings is 1. The second kappa shape index (κ2) is 6.27. The number of nitrogens with zero attached hydrogens (tertiary/aromatic N) is 1. The first kappa shape index (κ1) is 16.2. The maximum atomic E-state index is 12.7. The van der Waals surface area contributed by atoms with Crippen molar-refractivity contribution in [3.05, 3.63) is 46.3 Å². The van der Waals surface area contributed by atoms with E-state index in [9.17, 15) is 8.42 Å². The molecule has 0 saturated carbocycles. The molecule has 21 heavy (non-hydrogen) atoms. The second-order valence-corrected chi connectivity index (χ2v) is 7.01. The van der Waals surface area contributed by atoms with Gasteiger partial charge in [-0.2, -0.15) is 4.31 Å². The minimum absolute atomic E-state index is 0.00195. The van der Waals surface area contributed by atoms with Crippen molar-refractivity contribution in [2.45, 2.75) is 18.4 Å². The van der Waals surface area contributed by atoms with Crippen molar-refractivity contribution in [1.82, 2.24) is 4.31 Å². The first-order valence-corrected chi connectivity index (χ1v) is 8.33. The fraction of sp³-hybridized carbons (Fsp3) is 0.231. The first-order valence-electron chi connectivity index (χ1n) is 6.13. The molecule has 0 saturated heterocycles. The summed E-state index contributed by atoms with van der Waals surface area (Å²) in [5, 5.41) is -0.00390. The van der Waals surface area contributed by atoms with Gasteiger partial charge in [0.1, 0.15) is 10.7 Å². The van der Waals surface area contributed by atoms with Crippen LogP contribution in [0.4, 0.5) is 5.69 Å². The number of hydrogen-bond acceptors (Lipinski definition) is 4. The van der Waals surface area contributed by atoms with Crippen LogP contribution in [0.3, 0.4) is 0 Å². The summed E-state index contributed by atoms with van der Waals surface area (Å²) >= 11 is 12.0. The Labute approximate surface area is 133 Å². The SMILES string of the molecule is CCN(Cc1ccco1)S(=O)(=O)c1c(Cl)cc(N)cc1Cl. The summed E-state index contributed by atoms with van der Waals surface area (Å²) in [5.74, 6) is 0.531. The smallest absolute Gasteiger partial charge is 0.246 e. The van der Waals surface area contributed by atoms with E-state index in [1.54, 1.807) is 19.1 Å². The predicted molar refractivity (Wildman–Crippen MR) is 82.9 cm³/mol. The Morgan fingerprint density at radius 2 is 1.90 bits per heavy atom. The molecular formula is C13H14Cl2N2O3S. The molecule has 0 amide bonds. The van der Waals surface area contributed by atoms with Crippen molar-refractivity contribution in [2.75, 3.05) is 12.3 Å². The van der Waals surface area contributed by atoms with Crippen LogP contribution in [0, 0.1) is 0 Å². The summed E-state index contributed by atoms with van der Waals surface area (Å²) in [6.07, 6.45) is 1.49. The van der Waals surface area contributed by atoms with Gasteiger partial charge < -0.3 is 10.2 Å². The van der Waals surface area contributed by atoms with Crippen molar-refractivity contribution in [2.24, 2.45) is 0 Å². The Kier molecular flexibility index (Phi) is 4.83. The molecule has 1 heterocycles. The molecule has 0 spiro atoms. The molecule has 8 heteroatoms. The molecule has 2 N–H and O–H groups in total. The molecule has 0 aliphatic heterocycles. The van der Waals surface area contributed by atoms with Gasteiger partial charge in [-0.05, 0) is 24.3 Å². The third kappa shape index (κ3) is 3.35. The van der Waals surface area contributed by atoms with Crippen LogP contribution >= 0.6 is 23.2 Å². The van der Waals surface area contributed by atoms with Gasteiger partial charge in [0.15, 0.2) is 0 Å². The zero-order chi connectivity index (χ0) is 15.6. The van der Waals surface area contributed by atoms with Crippen LogP contribution in [0.1, 0.15) is 12.7 Å². The van der Waals surface area contributed by atoms with E-state index in [2.05, 4.69) is 0 Å². The average Bonchev–Trinajstić information content (AvgIpc) is 2.86. The van der Waals surface area contributed by atoms with Gasteiger partial charge in [-0.1, -0.05) is 30.1 Å². The topological polar surface area (TPSA) is 76.5 Å². The number of furan rings is 1. The zero-order valence-corrected chi connectivity index (χ0v) is 13.5. The number of anilines is 1. The lowest BCUT2D eigenvalue weighted by Crippen LogP contribution is -2.30. The normalized spacial score (nSPS) is 12.0. The Morgan fingerprint density at radius 3 is 2.38 bits per heavy atom. The molecule has 0 aliphatic rings. The molecule has 2 aromatic rings. The van der Waals surface area contributed by atoms with Crippen LogP contribution in [-0.2, 0) is 16.6 Å². The predicted octanol–water partition coefficient (Wildman–Crippen LogP) is 3.38. The Morgan fingerprint density at radius 1 is 1.29 bits per heavy atom. The highest BCUT2D eigenvalue weighted by Gasteiger charge is 2.29. The van der Waals surface area contributed by atoms with E-state index < -0.39 is 10.0 Å². The molecule has 1 aromatic carbocycles. The molecule has 114 valence electrons. The largest absolute Gasteiger partial charge is 0.468 e. The van der Waals surface area contributed by atoms with Gasteiger partial charge in [0.2, 0.25) is 10.0 Å². The lowest BCUT2D eigenvalue weighted by Gasteiger charge is -2.21. The van der Waals surface area contributed by atoms with Gasteiger partial charge in [0.25, 0.3) is 0 Å². The van der Waals surface area contributed by atoms with Gasteiger partial charge in [-0.15, -0.1) is 0 Å². The summed E-state index contributed by atoms with van der Waals surface area (Å²) in [5.41, 5.74) is 5.90. The van der Waals surface area contributed by atoms with Crippen LogP contribution < -0.4 is 5.73 Å². The fourth-order valence-electron chi connectivity index (χ4n) is 1.90. The number of rotatable bonds is 5. The van der Waals surface area contributed by atoms with Crippen molar-refractivity contribution in [3.8, 4) is 0 Å². The maximum Gasteiger partial charge on any atom is 0.246 e. The number of nitrogen functional groups attached to an aromatic ring is 1. The lowest BCUT2D eigenvalue weighted by atomic mass is 10.3. The summed E-state index contributed by atoms with van der Waals surface area (Å²) in [6, 6.07) is 6.12. The molecule has 0 fully saturated rings. The van der Waals surface area contributed by atoms with Crippen molar-refractivity contribution < 1.29 is 12.8 Å². The minimum atomic E-state index is -3.85. The average molecular weight is 349 g/mol. The van der Waals surface area contributed by atoms with Crippen LogP contribution in [0.2, 0.25) is 10.0 Å². The fourth-order valence-corrected chi connectivity index (χ4v) is 4.49. The summed E-state index contributed by atoms with van der Waals surface area (Å²) in [4.78, 5) is -0.145. The van der Waals surface area contributed by atoms with Gasteiger partial charge in [0, 0.05) is 12.2 Å². The standard InChI is InChI=1S/C13H14Cl2N2O3S/c1-2-17(8-10-4-3-5-20-10)21(18,19)13-11(14)6-9(16)7-12(13)15/h3-7H,2,8,16H2,1H3. The third-order valence-corrected chi connectivity index (χ3v) is 5.73. The molecule has 1 aromatic heterocycles.